The number of nitrogens with zero attached hydrogens (tertiary/aromatic N) is 1. The molecule has 4 nitrogen and oxygen atoms in total. The molecule has 86 valence electrons. The minimum Gasteiger partial charge on any atom is -0.463 e. The molecule has 0 aliphatic carbocycles. The van der Waals surface area contributed by atoms with E-state index in [0.717, 1.165) is 38.2 Å². The van der Waals surface area contributed by atoms with Gasteiger partial charge in [0.2, 0.25) is 0 Å². The highest BCUT2D eigenvalue weighted by Crippen LogP contribution is 2.14. The van der Waals surface area contributed by atoms with Crippen molar-refractivity contribution in [2.45, 2.75) is 13.3 Å². The predicted molar refractivity (Wildman–Crippen MR) is 57.6 cm³/mol. The Morgan fingerprint density at radius 2 is 2.40 bits per heavy atom. The third-order valence-corrected chi connectivity index (χ3v) is 2.40. The summed E-state index contributed by atoms with van der Waals surface area (Å²) in [5.41, 5.74) is 1.16. The summed E-state index contributed by atoms with van der Waals surface area (Å²) in [5, 5.41) is 0. The van der Waals surface area contributed by atoms with E-state index in [0.29, 0.717) is 6.61 Å². The maximum atomic E-state index is 11.2. The number of likely N-dealkylation sites (tertiary alicyclic amines) is 1. The van der Waals surface area contributed by atoms with Gasteiger partial charge in [-0.15, -0.1) is 0 Å². The monoisotopic (exact) mass is 213 g/mol. The fourth-order valence-electron chi connectivity index (χ4n) is 1.63. The van der Waals surface area contributed by atoms with Gasteiger partial charge in [0.25, 0.3) is 0 Å². The molecule has 0 spiro atoms. The molecule has 0 saturated carbocycles. The summed E-state index contributed by atoms with van der Waals surface area (Å²) in [7, 11) is 1.70. The lowest BCUT2D eigenvalue weighted by Crippen LogP contribution is -2.23. The van der Waals surface area contributed by atoms with Gasteiger partial charge in [-0.2, -0.15) is 0 Å². The van der Waals surface area contributed by atoms with Gasteiger partial charge in [0.15, 0.2) is 0 Å². The SMILES string of the molecule is CCOC(=O)/C=C1/CCN(CCOC)C1. The Morgan fingerprint density at radius 1 is 1.60 bits per heavy atom. The predicted octanol–water partition coefficient (Wildman–Crippen LogP) is 0.828. The molecule has 0 bridgehead atoms. The molecule has 0 unspecified atom stereocenters. The number of ether oxygens (including phenoxy) is 2. The number of methoxy groups -OCH3 is 1. The third kappa shape index (κ3) is 4.44. The maximum Gasteiger partial charge on any atom is 0.330 e. The van der Waals surface area contributed by atoms with Gasteiger partial charge in [0, 0.05) is 32.8 Å². The Kier molecular flexibility index (Phi) is 5.36. The van der Waals surface area contributed by atoms with Gasteiger partial charge < -0.3 is 9.47 Å². The van der Waals surface area contributed by atoms with Crippen molar-refractivity contribution >= 4 is 5.97 Å². The van der Waals surface area contributed by atoms with Crippen LogP contribution >= 0.6 is 0 Å². The molecule has 1 rings (SSSR count). The van der Waals surface area contributed by atoms with Crippen LogP contribution in [0.15, 0.2) is 11.6 Å². The summed E-state index contributed by atoms with van der Waals surface area (Å²) in [6.07, 6.45) is 2.58. The zero-order valence-electron chi connectivity index (χ0n) is 9.49. The summed E-state index contributed by atoms with van der Waals surface area (Å²) >= 11 is 0. The van der Waals surface area contributed by atoms with Crippen molar-refractivity contribution in [2.75, 3.05) is 40.0 Å². The lowest BCUT2D eigenvalue weighted by atomic mass is 10.2. The first-order chi connectivity index (χ1) is 7.26. The van der Waals surface area contributed by atoms with Gasteiger partial charge in [0.1, 0.15) is 0 Å². The highest BCUT2D eigenvalue weighted by molar-refractivity contribution is 5.82. The van der Waals surface area contributed by atoms with Crippen molar-refractivity contribution in [1.29, 1.82) is 0 Å². The smallest absolute Gasteiger partial charge is 0.330 e. The topological polar surface area (TPSA) is 38.8 Å². The molecule has 1 fully saturated rings. The highest BCUT2D eigenvalue weighted by atomic mass is 16.5. The summed E-state index contributed by atoms with van der Waals surface area (Å²) in [4.78, 5) is 13.5. The van der Waals surface area contributed by atoms with Crippen LogP contribution in [0.25, 0.3) is 0 Å². The first-order valence-electron chi connectivity index (χ1n) is 5.33. The first kappa shape index (κ1) is 12.2. The van der Waals surface area contributed by atoms with E-state index < -0.39 is 0 Å². The summed E-state index contributed by atoms with van der Waals surface area (Å²) in [6.45, 7) is 5.80. The van der Waals surface area contributed by atoms with Crippen molar-refractivity contribution in [3.8, 4) is 0 Å². The molecule has 15 heavy (non-hydrogen) atoms. The van der Waals surface area contributed by atoms with Gasteiger partial charge >= 0.3 is 5.97 Å². The number of carbonyl (C=O) groups excluding carboxylic acids is 1. The van der Waals surface area contributed by atoms with E-state index in [2.05, 4.69) is 4.90 Å². The van der Waals surface area contributed by atoms with Gasteiger partial charge in [-0.05, 0) is 18.9 Å². The average Bonchev–Trinajstić information content (AvgIpc) is 2.63. The van der Waals surface area contributed by atoms with E-state index in [4.69, 9.17) is 9.47 Å². The Morgan fingerprint density at radius 3 is 3.07 bits per heavy atom. The van der Waals surface area contributed by atoms with Gasteiger partial charge in [-0.25, -0.2) is 4.79 Å². The molecule has 0 aromatic rings. The zero-order valence-corrected chi connectivity index (χ0v) is 9.49. The van der Waals surface area contributed by atoms with Gasteiger partial charge in [0.05, 0.1) is 13.2 Å². The molecule has 0 atom stereocenters. The lowest BCUT2D eigenvalue weighted by Gasteiger charge is -2.12. The van der Waals surface area contributed by atoms with Crippen LogP contribution in [0.2, 0.25) is 0 Å². The molecule has 0 amide bonds. The van der Waals surface area contributed by atoms with Crippen LogP contribution in [-0.4, -0.2) is 50.8 Å². The Bertz CT molecular complexity index is 238. The van der Waals surface area contributed by atoms with Crippen LogP contribution in [0.5, 0.6) is 0 Å². The molecule has 1 heterocycles. The quantitative estimate of drug-likeness (QED) is 0.501. The van der Waals surface area contributed by atoms with E-state index in [1.807, 2.05) is 6.92 Å². The lowest BCUT2D eigenvalue weighted by molar-refractivity contribution is -0.137. The minimum absolute atomic E-state index is 0.221. The Hall–Kier alpha value is -0.870. The van der Waals surface area contributed by atoms with Gasteiger partial charge in [-0.1, -0.05) is 0 Å². The average molecular weight is 213 g/mol. The standard InChI is InChI=1S/C11H19NO3/c1-3-15-11(13)8-10-4-5-12(9-10)6-7-14-2/h8H,3-7,9H2,1-2H3/b10-8-. The molecule has 0 N–H and O–H groups in total. The van der Waals surface area contributed by atoms with Crippen LogP contribution in [0.1, 0.15) is 13.3 Å². The number of rotatable bonds is 5. The maximum absolute atomic E-state index is 11.2. The molecule has 4 heteroatoms. The van der Waals surface area contributed by atoms with Crippen molar-refractivity contribution in [3.05, 3.63) is 11.6 Å². The van der Waals surface area contributed by atoms with E-state index in [-0.39, 0.29) is 5.97 Å². The second-order valence-electron chi connectivity index (χ2n) is 3.57. The fraction of sp³-hybridized carbons (Fsp3) is 0.727. The van der Waals surface area contributed by atoms with Crippen molar-refractivity contribution in [1.82, 2.24) is 4.90 Å². The first-order valence-corrected chi connectivity index (χ1v) is 5.33. The summed E-state index contributed by atoms with van der Waals surface area (Å²) in [5.74, 6) is -0.221. The summed E-state index contributed by atoms with van der Waals surface area (Å²) < 4.78 is 9.87. The van der Waals surface area contributed by atoms with Crippen LogP contribution in [-0.2, 0) is 14.3 Å². The number of esters is 1. The number of hydrogen-bond donors (Lipinski definition) is 0. The zero-order chi connectivity index (χ0) is 11.1. The largest absolute Gasteiger partial charge is 0.463 e. The van der Waals surface area contributed by atoms with Crippen molar-refractivity contribution in [2.24, 2.45) is 0 Å². The molecule has 0 aromatic heterocycles. The molecule has 1 saturated heterocycles. The molecule has 1 aliphatic rings. The van der Waals surface area contributed by atoms with Crippen molar-refractivity contribution < 1.29 is 14.3 Å². The second-order valence-corrected chi connectivity index (χ2v) is 3.57. The van der Waals surface area contributed by atoms with Crippen LogP contribution < -0.4 is 0 Å². The highest BCUT2D eigenvalue weighted by Gasteiger charge is 2.16. The summed E-state index contributed by atoms with van der Waals surface area (Å²) in [6, 6.07) is 0. The Balaban J connectivity index is 2.31. The van der Waals surface area contributed by atoms with Gasteiger partial charge in [-0.3, -0.25) is 4.90 Å². The molecule has 1 aliphatic heterocycles. The van der Waals surface area contributed by atoms with Crippen LogP contribution in [0.4, 0.5) is 0 Å². The van der Waals surface area contributed by atoms with E-state index in [1.54, 1.807) is 13.2 Å². The number of hydrogen-bond acceptors (Lipinski definition) is 4. The van der Waals surface area contributed by atoms with Crippen LogP contribution in [0.3, 0.4) is 0 Å². The minimum atomic E-state index is -0.221. The fourth-order valence-corrected chi connectivity index (χ4v) is 1.63. The molecule has 0 aromatic carbocycles. The third-order valence-electron chi connectivity index (χ3n) is 2.40. The van der Waals surface area contributed by atoms with Crippen LogP contribution in [0, 0.1) is 0 Å². The number of carbonyl (C=O) groups is 1. The van der Waals surface area contributed by atoms with E-state index in [9.17, 15) is 4.79 Å². The second kappa shape index (κ2) is 6.58. The van der Waals surface area contributed by atoms with E-state index in [1.165, 1.54) is 0 Å². The Labute approximate surface area is 90.8 Å². The molecule has 0 radical (unpaired) electrons. The molecular weight excluding hydrogens is 194 g/mol. The van der Waals surface area contributed by atoms with E-state index >= 15 is 0 Å². The van der Waals surface area contributed by atoms with Crippen molar-refractivity contribution in [3.63, 3.8) is 0 Å². The molecular formula is C11H19NO3. The normalized spacial score (nSPS) is 19.7.